The van der Waals surface area contributed by atoms with Crippen molar-refractivity contribution in [3.8, 4) is 11.5 Å². The van der Waals surface area contributed by atoms with Gasteiger partial charge < -0.3 is 9.47 Å². The number of fused-ring (bicyclic) bond motifs is 1. The van der Waals surface area contributed by atoms with E-state index in [0.29, 0.717) is 5.16 Å². The lowest BCUT2D eigenvalue weighted by atomic mass is 9.77. The minimum absolute atomic E-state index is 0.0565. The molecular weight excluding hydrogens is 472 g/mol. The van der Waals surface area contributed by atoms with E-state index in [4.69, 9.17) is 14.6 Å². The Hall–Kier alpha value is -3.65. The first kappa shape index (κ1) is 24.1. The van der Waals surface area contributed by atoms with Gasteiger partial charge in [-0.25, -0.2) is 15.0 Å². The van der Waals surface area contributed by atoms with Crippen molar-refractivity contribution in [2.24, 2.45) is 11.0 Å². The minimum atomic E-state index is -0.157. The van der Waals surface area contributed by atoms with Crippen LogP contribution < -0.4 is 9.47 Å². The number of allylic oxidation sites excluding steroid dienone is 1. The fourth-order valence-electron chi connectivity index (χ4n) is 4.80. The summed E-state index contributed by atoms with van der Waals surface area (Å²) in [6.07, 6.45) is 8.52. The maximum absolute atomic E-state index is 13.5. The van der Waals surface area contributed by atoms with Crippen LogP contribution in [0.15, 0.2) is 82.8 Å². The van der Waals surface area contributed by atoms with Crippen LogP contribution >= 0.6 is 11.8 Å². The van der Waals surface area contributed by atoms with Crippen LogP contribution in [-0.4, -0.2) is 46.6 Å². The Labute approximate surface area is 215 Å². The molecule has 0 spiro atoms. The van der Waals surface area contributed by atoms with E-state index in [1.165, 1.54) is 17.3 Å². The molecule has 1 aliphatic heterocycles. The number of benzene rings is 2. The van der Waals surface area contributed by atoms with Gasteiger partial charge in [0.15, 0.2) is 5.16 Å². The molecule has 1 saturated carbocycles. The summed E-state index contributed by atoms with van der Waals surface area (Å²) in [5, 5.41) is 7.22. The third-order valence-electron chi connectivity index (χ3n) is 6.54. The van der Waals surface area contributed by atoms with Crippen molar-refractivity contribution < 1.29 is 14.3 Å². The Balaban J connectivity index is 1.46. The number of hydrogen-bond acceptors (Lipinski definition) is 7. The topological polar surface area (TPSA) is 76.9 Å². The number of hydrazone groups is 1. The smallest absolute Gasteiger partial charge is 0.253 e. The minimum Gasteiger partial charge on any atom is -0.497 e. The Kier molecular flexibility index (Phi) is 7.32. The van der Waals surface area contributed by atoms with E-state index in [2.05, 4.69) is 16.0 Å². The molecule has 5 rings (SSSR count). The zero-order chi connectivity index (χ0) is 24.9. The molecule has 2 aliphatic rings. The predicted octanol–water partition coefficient (Wildman–Crippen LogP) is 5.41. The van der Waals surface area contributed by atoms with Crippen molar-refractivity contribution in [2.75, 3.05) is 20.0 Å². The third-order valence-corrected chi connectivity index (χ3v) is 7.40. The Morgan fingerprint density at radius 3 is 2.36 bits per heavy atom. The monoisotopic (exact) mass is 500 g/mol. The number of carbonyl (C=O) groups is 1. The maximum Gasteiger partial charge on any atom is 0.253 e. The van der Waals surface area contributed by atoms with E-state index in [9.17, 15) is 4.79 Å². The van der Waals surface area contributed by atoms with E-state index in [1.54, 1.807) is 37.7 Å². The summed E-state index contributed by atoms with van der Waals surface area (Å²) in [7, 11) is 3.32. The predicted molar refractivity (Wildman–Crippen MR) is 141 cm³/mol. The van der Waals surface area contributed by atoms with Crippen LogP contribution in [0.4, 0.5) is 0 Å². The SMILES string of the molecule is COc1ccc(/C=C2/CCC[C@@H]3C2=NN(C(=O)CSc2ncccn2)[C@@H]3c2ccc(OC)cc2)cc1. The molecule has 2 atom stereocenters. The lowest BCUT2D eigenvalue weighted by Gasteiger charge is -2.29. The molecule has 0 bridgehead atoms. The van der Waals surface area contributed by atoms with E-state index < -0.39 is 0 Å². The van der Waals surface area contributed by atoms with Crippen molar-refractivity contribution >= 4 is 29.5 Å². The number of methoxy groups -OCH3 is 2. The quantitative estimate of drug-likeness (QED) is 0.319. The van der Waals surface area contributed by atoms with Gasteiger partial charge in [-0.3, -0.25) is 4.79 Å². The number of rotatable bonds is 7. The van der Waals surface area contributed by atoms with Gasteiger partial charge in [-0.05, 0) is 72.4 Å². The van der Waals surface area contributed by atoms with Crippen LogP contribution in [0.1, 0.15) is 36.4 Å². The highest BCUT2D eigenvalue weighted by Gasteiger charge is 2.43. The molecule has 2 heterocycles. The Bertz CT molecular complexity index is 1260. The number of carbonyl (C=O) groups excluding carboxylic acids is 1. The lowest BCUT2D eigenvalue weighted by molar-refractivity contribution is -0.130. The van der Waals surface area contributed by atoms with Gasteiger partial charge in [0.05, 0.1) is 31.7 Å². The molecule has 0 N–H and O–H groups in total. The number of amides is 1. The van der Waals surface area contributed by atoms with Crippen LogP contribution in [0.5, 0.6) is 11.5 Å². The van der Waals surface area contributed by atoms with Gasteiger partial charge in [0.1, 0.15) is 11.5 Å². The van der Waals surface area contributed by atoms with Gasteiger partial charge >= 0.3 is 0 Å². The molecule has 0 saturated heterocycles. The average molecular weight is 501 g/mol. The molecule has 1 fully saturated rings. The normalized spacial score (nSPS) is 20.1. The van der Waals surface area contributed by atoms with Crippen molar-refractivity contribution in [1.82, 2.24) is 15.0 Å². The second kappa shape index (κ2) is 11.0. The van der Waals surface area contributed by atoms with Crippen molar-refractivity contribution in [1.29, 1.82) is 0 Å². The molecule has 7 nitrogen and oxygen atoms in total. The molecule has 1 amide bonds. The summed E-state index contributed by atoms with van der Waals surface area (Å²) in [4.78, 5) is 21.9. The summed E-state index contributed by atoms with van der Waals surface area (Å²) < 4.78 is 10.7. The summed E-state index contributed by atoms with van der Waals surface area (Å²) >= 11 is 1.33. The molecular formula is C28H28N4O3S. The highest BCUT2D eigenvalue weighted by Crippen LogP contribution is 2.45. The second-order valence-electron chi connectivity index (χ2n) is 8.70. The highest BCUT2D eigenvalue weighted by atomic mass is 32.2. The van der Waals surface area contributed by atoms with Crippen LogP contribution in [0.2, 0.25) is 0 Å². The largest absolute Gasteiger partial charge is 0.497 e. The van der Waals surface area contributed by atoms with Gasteiger partial charge in [0.2, 0.25) is 0 Å². The van der Waals surface area contributed by atoms with Gasteiger partial charge in [-0.2, -0.15) is 5.10 Å². The fourth-order valence-corrected chi connectivity index (χ4v) is 5.45. The molecule has 184 valence electrons. The summed E-state index contributed by atoms with van der Waals surface area (Å²) in [5.74, 6) is 1.92. The fraction of sp³-hybridized carbons (Fsp3) is 0.286. The molecule has 8 heteroatoms. The van der Waals surface area contributed by atoms with Crippen molar-refractivity contribution in [2.45, 2.75) is 30.5 Å². The third kappa shape index (κ3) is 5.14. The number of ether oxygens (including phenoxy) is 2. The first-order valence-corrected chi connectivity index (χ1v) is 12.9. The summed E-state index contributed by atoms with van der Waals surface area (Å²) in [6, 6.07) is 17.6. The molecule has 3 aromatic rings. The zero-order valence-corrected chi connectivity index (χ0v) is 21.1. The molecule has 1 aliphatic carbocycles. The second-order valence-corrected chi connectivity index (χ2v) is 9.65. The maximum atomic E-state index is 13.5. The van der Waals surface area contributed by atoms with E-state index in [1.807, 2.05) is 48.5 Å². The molecule has 0 radical (unpaired) electrons. The Morgan fingerprint density at radius 1 is 1.03 bits per heavy atom. The van der Waals surface area contributed by atoms with E-state index >= 15 is 0 Å². The number of hydrogen-bond donors (Lipinski definition) is 0. The molecule has 0 unspecified atom stereocenters. The van der Waals surface area contributed by atoms with Crippen LogP contribution in [0.3, 0.4) is 0 Å². The first-order valence-electron chi connectivity index (χ1n) is 12.0. The van der Waals surface area contributed by atoms with Crippen molar-refractivity contribution in [3.05, 3.63) is 83.7 Å². The number of thioether (sulfide) groups is 1. The number of nitrogens with zero attached hydrogens (tertiary/aromatic N) is 4. The molecule has 36 heavy (non-hydrogen) atoms. The summed E-state index contributed by atoms with van der Waals surface area (Å²) in [5.41, 5.74) is 4.34. The van der Waals surface area contributed by atoms with Crippen LogP contribution in [-0.2, 0) is 4.79 Å². The lowest BCUT2D eigenvalue weighted by Crippen LogP contribution is -2.32. The van der Waals surface area contributed by atoms with E-state index in [-0.39, 0.29) is 23.6 Å². The Morgan fingerprint density at radius 2 is 1.69 bits per heavy atom. The first-order chi connectivity index (χ1) is 17.7. The van der Waals surface area contributed by atoms with Crippen LogP contribution in [0.25, 0.3) is 6.08 Å². The molecule has 2 aromatic carbocycles. The standard InChI is InChI=1S/C28H28N4O3S/c1-34-22-11-7-19(8-12-22)17-21-5-3-6-24-26(21)31-32(25(33)18-36-28-29-15-4-16-30-28)27(24)20-9-13-23(35-2)14-10-20/h4,7-17,24,27H,3,5-6,18H2,1-2H3/b21-17-/t24-,27-/m1/s1. The van der Waals surface area contributed by atoms with Gasteiger partial charge in [-0.15, -0.1) is 0 Å². The van der Waals surface area contributed by atoms with Gasteiger partial charge in [0, 0.05) is 18.3 Å². The average Bonchev–Trinajstić information content (AvgIpc) is 3.33. The van der Waals surface area contributed by atoms with Gasteiger partial charge in [-0.1, -0.05) is 36.0 Å². The number of aromatic nitrogens is 2. The van der Waals surface area contributed by atoms with Crippen molar-refractivity contribution in [3.63, 3.8) is 0 Å². The van der Waals surface area contributed by atoms with E-state index in [0.717, 1.165) is 47.6 Å². The zero-order valence-electron chi connectivity index (χ0n) is 20.3. The summed E-state index contributed by atoms with van der Waals surface area (Å²) in [6.45, 7) is 0. The van der Waals surface area contributed by atoms with Crippen LogP contribution in [0, 0.1) is 5.92 Å². The molecule has 1 aromatic heterocycles. The highest BCUT2D eigenvalue weighted by molar-refractivity contribution is 7.99. The van der Waals surface area contributed by atoms with Gasteiger partial charge in [0.25, 0.3) is 5.91 Å².